The highest BCUT2D eigenvalue weighted by molar-refractivity contribution is 6.68. The van der Waals surface area contributed by atoms with E-state index in [0.29, 0.717) is 11.5 Å². The fourth-order valence-electron chi connectivity index (χ4n) is 1.26. The molecule has 1 aromatic rings. The van der Waals surface area contributed by atoms with Crippen molar-refractivity contribution in [3.8, 4) is 11.5 Å². The predicted octanol–water partition coefficient (Wildman–Crippen LogP) is 3.54. The molecule has 0 radical (unpaired) electrons. The van der Waals surface area contributed by atoms with Crippen molar-refractivity contribution in [1.82, 2.24) is 5.32 Å². The van der Waals surface area contributed by atoms with Gasteiger partial charge in [-0.1, -0.05) is 48.7 Å². The van der Waals surface area contributed by atoms with E-state index in [1.807, 2.05) is 0 Å². The molecule has 0 aliphatic rings. The SMILES string of the molecule is COc1ccc(O[C@@H](NC(=O)C(C)C)C(Cl)(Cl)Cl)cc1. The van der Waals surface area contributed by atoms with E-state index in [2.05, 4.69) is 5.32 Å². The van der Waals surface area contributed by atoms with E-state index in [1.165, 1.54) is 0 Å². The number of benzene rings is 1. The maximum Gasteiger partial charge on any atom is 0.246 e. The summed E-state index contributed by atoms with van der Waals surface area (Å²) < 4.78 is 8.76. The molecule has 1 aromatic carbocycles. The molecule has 0 heterocycles. The Morgan fingerprint density at radius 2 is 1.65 bits per heavy atom. The summed E-state index contributed by atoms with van der Waals surface area (Å²) in [5.41, 5.74) is 0. The molecule has 1 rings (SSSR count). The maximum atomic E-state index is 11.7. The Balaban J connectivity index is 2.81. The van der Waals surface area contributed by atoms with Crippen LogP contribution in [0.1, 0.15) is 13.8 Å². The summed E-state index contributed by atoms with van der Waals surface area (Å²) >= 11 is 17.5. The van der Waals surface area contributed by atoms with Gasteiger partial charge in [-0.3, -0.25) is 4.79 Å². The van der Waals surface area contributed by atoms with Crippen LogP contribution in [0.25, 0.3) is 0 Å². The van der Waals surface area contributed by atoms with E-state index in [9.17, 15) is 4.79 Å². The third kappa shape index (κ3) is 5.27. The molecule has 0 fully saturated rings. The van der Waals surface area contributed by atoms with E-state index in [-0.39, 0.29) is 11.8 Å². The predicted molar refractivity (Wildman–Crippen MR) is 80.7 cm³/mol. The van der Waals surface area contributed by atoms with Crippen LogP contribution in [0.5, 0.6) is 11.5 Å². The molecule has 0 unspecified atom stereocenters. The minimum atomic E-state index is -1.79. The lowest BCUT2D eigenvalue weighted by molar-refractivity contribution is -0.126. The Morgan fingerprint density at radius 3 is 2.05 bits per heavy atom. The number of carbonyl (C=O) groups excluding carboxylic acids is 1. The standard InChI is InChI=1S/C13H16Cl3NO3/c1-8(2)11(18)17-12(13(14,15)16)20-10-6-4-9(19-3)5-7-10/h4-8,12H,1-3H3,(H,17,18)/t12-/m1/s1. The van der Waals surface area contributed by atoms with Crippen LogP contribution in [0.4, 0.5) is 0 Å². The first-order chi connectivity index (χ1) is 9.24. The van der Waals surface area contributed by atoms with Crippen molar-refractivity contribution in [3.05, 3.63) is 24.3 Å². The maximum absolute atomic E-state index is 11.7. The number of nitrogens with one attached hydrogen (secondary N) is 1. The molecule has 0 saturated heterocycles. The van der Waals surface area contributed by atoms with Gasteiger partial charge in [0, 0.05) is 5.92 Å². The quantitative estimate of drug-likeness (QED) is 0.659. The van der Waals surface area contributed by atoms with E-state index < -0.39 is 10.0 Å². The van der Waals surface area contributed by atoms with Crippen molar-refractivity contribution in [2.24, 2.45) is 5.92 Å². The summed E-state index contributed by atoms with van der Waals surface area (Å²) in [6.07, 6.45) is -1.09. The molecule has 0 aliphatic heterocycles. The zero-order valence-corrected chi connectivity index (χ0v) is 13.6. The molecular weight excluding hydrogens is 325 g/mol. The first-order valence-electron chi connectivity index (χ1n) is 5.92. The third-order valence-electron chi connectivity index (χ3n) is 2.41. The number of carbonyl (C=O) groups is 1. The normalized spacial score (nSPS) is 12.9. The molecule has 1 atom stereocenters. The van der Waals surface area contributed by atoms with Gasteiger partial charge in [-0.15, -0.1) is 0 Å². The number of halogens is 3. The Bertz CT molecular complexity index is 443. The molecule has 112 valence electrons. The number of amides is 1. The Morgan fingerprint density at radius 1 is 1.15 bits per heavy atom. The second-order valence-corrected chi connectivity index (χ2v) is 6.75. The van der Waals surface area contributed by atoms with Crippen LogP contribution in [0.3, 0.4) is 0 Å². The van der Waals surface area contributed by atoms with Gasteiger partial charge in [-0.2, -0.15) is 0 Å². The van der Waals surface area contributed by atoms with Crippen LogP contribution in [0, 0.1) is 5.92 Å². The number of hydrogen-bond acceptors (Lipinski definition) is 3. The van der Waals surface area contributed by atoms with Crippen molar-refractivity contribution in [2.75, 3.05) is 7.11 Å². The molecule has 20 heavy (non-hydrogen) atoms. The van der Waals surface area contributed by atoms with Crippen LogP contribution < -0.4 is 14.8 Å². The molecule has 0 spiro atoms. The van der Waals surface area contributed by atoms with Crippen LogP contribution in [0.15, 0.2) is 24.3 Å². The zero-order valence-electron chi connectivity index (χ0n) is 11.3. The topological polar surface area (TPSA) is 47.6 Å². The van der Waals surface area contributed by atoms with Gasteiger partial charge in [-0.05, 0) is 24.3 Å². The van der Waals surface area contributed by atoms with Crippen LogP contribution in [-0.4, -0.2) is 23.0 Å². The van der Waals surface area contributed by atoms with E-state index in [0.717, 1.165) is 0 Å². The largest absolute Gasteiger partial charge is 0.497 e. The fraction of sp³-hybridized carbons (Fsp3) is 0.462. The Kier molecular flexibility index (Phi) is 6.24. The van der Waals surface area contributed by atoms with Crippen molar-refractivity contribution < 1.29 is 14.3 Å². The molecule has 7 heteroatoms. The summed E-state index contributed by atoms with van der Waals surface area (Å²) in [6.45, 7) is 3.47. The van der Waals surface area contributed by atoms with Gasteiger partial charge in [0.2, 0.25) is 15.9 Å². The Labute approximate surface area is 133 Å². The lowest BCUT2D eigenvalue weighted by Gasteiger charge is -2.27. The molecule has 0 aromatic heterocycles. The highest BCUT2D eigenvalue weighted by Crippen LogP contribution is 2.32. The first kappa shape index (κ1) is 17.2. The summed E-state index contributed by atoms with van der Waals surface area (Å²) in [5.74, 6) is 0.610. The lowest BCUT2D eigenvalue weighted by atomic mass is 10.2. The van der Waals surface area contributed by atoms with Gasteiger partial charge in [0.25, 0.3) is 0 Å². The van der Waals surface area contributed by atoms with Gasteiger partial charge >= 0.3 is 0 Å². The second-order valence-electron chi connectivity index (χ2n) is 4.38. The molecule has 0 bridgehead atoms. The average molecular weight is 341 g/mol. The van der Waals surface area contributed by atoms with Crippen molar-refractivity contribution in [2.45, 2.75) is 23.9 Å². The van der Waals surface area contributed by atoms with Crippen molar-refractivity contribution >= 4 is 40.7 Å². The summed E-state index contributed by atoms with van der Waals surface area (Å²) in [4.78, 5) is 11.7. The smallest absolute Gasteiger partial charge is 0.246 e. The molecule has 1 N–H and O–H groups in total. The number of hydrogen-bond donors (Lipinski definition) is 1. The van der Waals surface area contributed by atoms with Crippen LogP contribution in [-0.2, 0) is 4.79 Å². The second kappa shape index (κ2) is 7.25. The van der Waals surface area contributed by atoms with Gasteiger partial charge in [-0.25, -0.2) is 0 Å². The Hall–Kier alpha value is -0.840. The van der Waals surface area contributed by atoms with Gasteiger partial charge in [0.15, 0.2) is 0 Å². The first-order valence-corrected chi connectivity index (χ1v) is 7.05. The van der Waals surface area contributed by atoms with Gasteiger partial charge in [0.1, 0.15) is 11.5 Å². The minimum absolute atomic E-state index is 0.246. The van der Waals surface area contributed by atoms with Crippen molar-refractivity contribution in [3.63, 3.8) is 0 Å². The lowest BCUT2D eigenvalue weighted by Crippen LogP contribution is -2.49. The van der Waals surface area contributed by atoms with E-state index in [4.69, 9.17) is 44.3 Å². The van der Waals surface area contributed by atoms with E-state index >= 15 is 0 Å². The van der Waals surface area contributed by atoms with Crippen LogP contribution in [0.2, 0.25) is 0 Å². The average Bonchev–Trinajstić information content (AvgIpc) is 2.37. The van der Waals surface area contributed by atoms with Crippen molar-refractivity contribution in [1.29, 1.82) is 0 Å². The number of alkyl halides is 3. The monoisotopic (exact) mass is 339 g/mol. The fourth-order valence-corrected chi connectivity index (χ4v) is 1.56. The number of rotatable bonds is 5. The molecule has 1 amide bonds. The van der Waals surface area contributed by atoms with E-state index in [1.54, 1.807) is 45.2 Å². The van der Waals surface area contributed by atoms with Gasteiger partial charge in [0.05, 0.1) is 7.11 Å². The summed E-state index contributed by atoms with van der Waals surface area (Å²) in [7, 11) is 1.56. The van der Waals surface area contributed by atoms with Gasteiger partial charge < -0.3 is 14.8 Å². The zero-order chi connectivity index (χ0) is 15.3. The summed E-state index contributed by atoms with van der Waals surface area (Å²) in [5, 5.41) is 2.55. The molecule has 0 aliphatic carbocycles. The summed E-state index contributed by atoms with van der Waals surface area (Å²) in [6, 6.07) is 6.72. The minimum Gasteiger partial charge on any atom is -0.497 e. The van der Waals surface area contributed by atoms with Crippen LogP contribution >= 0.6 is 34.8 Å². The number of ether oxygens (including phenoxy) is 2. The third-order valence-corrected chi connectivity index (χ3v) is 3.00. The number of methoxy groups -OCH3 is 1. The molecule has 4 nitrogen and oxygen atoms in total. The highest BCUT2D eigenvalue weighted by atomic mass is 35.6. The highest BCUT2D eigenvalue weighted by Gasteiger charge is 2.36. The molecule has 0 saturated carbocycles. The molecular formula is C13H16Cl3NO3.